The van der Waals surface area contributed by atoms with Gasteiger partial charge in [0.05, 0.1) is 22.7 Å². The van der Waals surface area contributed by atoms with E-state index in [1.807, 2.05) is 0 Å². The van der Waals surface area contributed by atoms with Crippen molar-refractivity contribution < 1.29 is 9.72 Å². The van der Waals surface area contributed by atoms with E-state index in [-0.39, 0.29) is 23.5 Å². The highest BCUT2D eigenvalue weighted by molar-refractivity contribution is 5.99. The lowest BCUT2D eigenvalue weighted by Crippen LogP contribution is -2.25. The molecule has 0 saturated heterocycles. The van der Waals surface area contributed by atoms with Crippen molar-refractivity contribution in [3.63, 3.8) is 0 Å². The van der Waals surface area contributed by atoms with Gasteiger partial charge in [0.2, 0.25) is 0 Å². The first-order valence-electron chi connectivity index (χ1n) is 5.78. The van der Waals surface area contributed by atoms with E-state index in [4.69, 9.17) is 5.73 Å². The lowest BCUT2D eigenvalue weighted by atomic mass is 10.1. The minimum Gasteiger partial charge on any atom is -0.398 e. The number of aromatic nitrogens is 2. The Kier molecular flexibility index (Phi) is 3.65. The minimum atomic E-state index is -0.572. The van der Waals surface area contributed by atoms with Gasteiger partial charge in [0, 0.05) is 31.1 Å². The summed E-state index contributed by atoms with van der Waals surface area (Å²) in [4.78, 5) is 22.1. The average molecular weight is 275 g/mol. The molecular formula is C12H13N5O3. The smallest absolute Gasteiger partial charge is 0.270 e. The molecule has 0 saturated carbocycles. The Hall–Kier alpha value is -2.90. The van der Waals surface area contributed by atoms with Crippen molar-refractivity contribution in [2.75, 3.05) is 5.73 Å². The average Bonchev–Trinajstić information content (AvgIpc) is 2.81. The van der Waals surface area contributed by atoms with E-state index in [2.05, 4.69) is 10.4 Å². The van der Waals surface area contributed by atoms with E-state index in [9.17, 15) is 14.9 Å². The number of aryl methyl sites for hydroxylation is 1. The van der Waals surface area contributed by atoms with Crippen molar-refractivity contribution in [2.24, 2.45) is 7.05 Å². The third-order valence-electron chi connectivity index (χ3n) is 2.84. The molecule has 1 amide bonds. The number of nitrogen functional groups attached to an aromatic ring is 1. The summed E-state index contributed by atoms with van der Waals surface area (Å²) in [6, 6.07) is 5.52. The molecule has 0 unspecified atom stereocenters. The minimum absolute atomic E-state index is 0.0846. The first-order chi connectivity index (χ1) is 9.49. The van der Waals surface area contributed by atoms with E-state index in [0.29, 0.717) is 0 Å². The third kappa shape index (κ3) is 2.74. The number of nitrogens with two attached hydrogens (primary N) is 1. The molecular weight excluding hydrogens is 262 g/mol. The summed E-state index contributed by atoms with van der Waals surface area (Å²) in [6.45, 7) is 0.261. The number of nitro groups is 1. The lowest BCUT2D eigenvalue weighted by Gasteiger charge is -2.07. The summed E-state index contributed by atoms with van der Waals surface area (Å²) in [5.74, 6) is -0.465. The van der Waals surface area contributed by atoms with Crippen LogP contribution in [0.25, 0.3) is 0 Å². The monoisotopic (exact) mass is 275 g/mol. The maximum Gasteiger partial charge on any atom is 0.270 e. The van der Waals surface area contributed by atoms with Crippen molar-refractivity contribution in [3.05, 3.63) is 51.8 Å². The Balaban J connectivity index is 2.15. The topological polar surface area (TPSA) is 116 Å². The molecule has 3 N–H and O–H groups in total. The first-order valence-corrected chi connectivity index (χ1v) is 5.78. The van der Waals surface area contributed by atoms with Gasteiger partial charge in [-0.3, -0.25) is 19.6 Å². The van der Waals surface area contributed by atoms with Gasteiger partial charge in [-0.2, -0.15) is 5.10 Å². The number of hydrogen-bond acceptors (Lipinski definition) is 5. The Morgan fingerprint density at radius 2 is 2.25 bits per heavy atom. The molecule has 8 nitrogen and oxygen atoms in total. The first kappa shape index (κ1) is 13.5. The number of carbonyl (C=O) groups is 1. The Morgan fingerprint density at radius 1 is 1.50 bits per heavy atom. The van der Waals surface area contributed by atoms with Gasteiger partial charge < -0.3 is 11.1 Å². The molecule has 0 aliphatic heterocycles. The maximum atomic E-state index is 12.0. The number of amides is 1. The number of anilines is 1. The van der Waals surface area contributed by atoms with Crippen LogP contribution < -0.4 is 11.1 Å². The zero-order valence-corrected chi connectivity index (χ0v) is 10.7. The quantitative estimate of drug-likeness (QED) is 0.487. The van der Waals surface area contributed by atoms with Crippen LogP contribution in [0, 0.1) is 10.1 Å². The largest absolute Gasteiger partial charge is 0.398 e. The number of nitrogens with one attached hydrogen (secondary N) is 1. The van der Waals surface area contributed by atoms with Crippen molar-refractivity contribution >= 4 is 17.3 Å². The Bertz CT molecular complexity index is 665. The Morgan fingerprint density at radius 3 is 2.85 bits per heavy atom. The summed E-state index contributed by atoms with van der Waals surface area (Å²) >= 11 is 0. The number of non-ortho nitro benzene ring substituents is 1. The van der Waals surface area contributed by atoms with E-state index >= 15 is 0 Å². The number of carbonyl (C=O) groups excluding carboxylic acids is 1. The summed E-state index contributed by atoms with van der Waals surface area (Å²) < 4.78 is 1.62. The van der Waals surface area contributed by atoms with Crippen molar-refractivity contribution in [1.82, 2.24) is 15.1 Å². The van der Waals surface area contributed by atoms with Gasteiger partial charge in [0.1, 0.15) is 0 Å². The molecule has 2 aromatic rings. The molecule has 0 radical (unpaired) electrons. The number of rotatable bonds is 4. The number of benzene rings is 1. The normalized spacial score (nSPS) is 10.2. The molecule has 2 rings (SSSR count). The van der Waals surface area contributed by atoms with Crippen LogP contribution in [-0.2, 0) is 13.6 Å². The van der Waals surface area contributed by atoms with Gasteiger partial charge in [0.25, 0.3) is 11.6 Å². The van der Waals surface area contributed by atoms with Gasteiger partial charge in [0.15, 0.2) is 0 Å². The molecule has 0 atom stereocenters. The summed E-state index contributed by atoms with van der Waals surface area (Å²) in [7, 11) is 1.75. The molecule has 1 aromatic heterocycles. The summed E-state index contributed by atoms with van der Waals surface area (Å²) in [6.07, 6.45) is 1.61. The maximum absolute atomic E-state index is 12.0. The molecule has 0 aliphatic rings. The fourth-order valence-corrected chi connectivity index (χ4v) is 1.70. The van der Waals surface area contributed by atoms with E-state index in [1.54, 1.807) is 24.0 Å². The van der Waals surface area contributed by atoms with Gasteiger partial charge in [-0.15, -0.1) is 0 Å². The molecule has 0 fully saturated rings. The second kappa shape index (κ2) is 5.39. The van der Waals surface area contributed by atoms with Crippen LogP contribution >= 0.6 is 0 Å². The fraction of sp³-hybridized carbons (Fsp3) is 0.167. The van der Waals surface area contributed by atoms with Crippen molar-refractivity contribution in [3.8, 4) is 0 Å². The highest BCUT2D eigenvalue weighted by Crippen LogP contribution is 2.19. The molecule has 20 heavy (non-hydrogen) atoms. The zero-order chi connectivity index (χ0) is 14.7. The summed E-state index contributed by atoms with van der Waals surface area (Å²) in [5.41, 5.74) is 6.58. The predicted octanol–water partition coefficient (Wildman–Crippen LogP) is 0.841. The second-order valence-electron chi connectivity index (χ2n) is 4.16. The highest BCUT2D eigenvalue weighted by Gasteiger charge is 2.15. The van der Waals surface area contributed by atoms with Crippen molar-refractivity contribution in [2.45, 2.75) is 6.54 Å². The van der Waals surface area contributed by atoms with Gasteiger partial charge >= 0.3 is 0 Å². The van der Waals surface area contributed by atoms with Crippen LogP contribution in [0.2, 0.25) is 0 Å². The third-order valence-corrected chi connectivity index (χ3v) is 2.84. The van der Waals surface area contributed by atoms with Gasteiger partial charge in [-0.25, -0.2) is 0 Å². The zero-order valence-electron chi connectivity index (χ0n) is 10.7. The van der Waals surface area contributed by atoms with E-state index in [0.717, 1.165) is 11.8 Å². The standard InChI is InChI=1S/C12H13N5O3/c1-16-9(4-5-15-16)7-14-12(18)10-6-8(17(19)20)2-3-11(10)13/h2-6H,7,13H2,1H3,(H,14,18). The van der Waals surface area contributed by atoms with Gasteiger partial charge in [-0.05, 0) is 12.1 Å². The SMILES string of the molecule is Cn1nccc1CNC(=O)c1cc([N+](=O)[O-])ccc1N. The van der Waals surface area contributed by atoms with Gasteiger partial charge in [-0.1, -0.05) is 0 Å². The van der Waals surface area contributed by atoms with Crippen LogP contribution in [0.5, 0.6) is 0 Å². The molecule has 0 aliphatic carbocycles. The molecule has 0 bridgehead atoms. The van der Waals surface area contributed by atoms with E-state index in [1.165, 1.54) is 12.1 Å². The second-order valence-corrected chi connectivity index (χ2v) is 4.16. The van der Waals surface area contributed by atoms with Crippen LogP contribution in [0.1, 0.15) is 16.1 Å². The fourth-order valence-electron chi connectivity index (χ4n) is 1.70. The molecule has 104 valence electrons. The number of hydrogen-bond donors (Lipinski definition) is 2. The molecule has 8 heteroatoms. The predicted molar refractivity (Wildman–Crippen MR) is 71.9 cm³/mol. The number of nitro benzene ring substituents is 1. The van der Waals surface area contributed by atoms with Crippen LogP contribution in [0.4, 0.5) is 11.4 Å². The van der Waals surface area contributed by atoms with Crippen molar-refractivity contribution in [1.29, 1.82) is 0 Å². The number of nitrogens with zero attached hydrogens (tertiary/aromatic N) is 3. The van der Waals surface area contributed by atoms with Crippen LogP contribution in [-0.4, -0.2) is 20.6 Å². The molecule has 0 spiro atoms. The lowest BCUT2D eigenvalue weighted by molar-refractivity contribution is -0.384. The highest BCUT2D eigenvalue weighted by atomic mass is 16.6. The van der Waals surface area contributed by atoms with Crippen LogP contribution in [0.15, 0.2) is 30.5 Å². The molecule has 1 aromatic carbocycles. The summed E-state index contributed by atoms with van der Waals surface area (Å²) in [5, 5.41) is 17.3. The molecule has 1 heterocycles. The van der Waals surface area contributed by atoms with Crippen LogP contribution in [0.3, 0.4) is 0 Å². The van der Waals surface area contributed by atoms with E-state index < -0.39 is 10.8 Å². The Labute approximate surface area is 114 Å².